The third-order valence-corrected chi connectivity index (χ3v) is 6.27. The van der Waals surface area contributed by atoms with Crippen LogP contribution in [-0.4, -0.2) is 25.0 Å². The highest BCUT2D eigenvalue weighted by Gasteiger charge is 2.53. The van der Waals surface area contributed by atoms with Crippen LogP contribution in [0.4, 0.5) is 0 Å². The van der Waals surface area contributed by atoms with E-state index in [1.165, 1.54) is 7.11 Å². The summed E-state index contributed by atoms with van der Waals surface area (Å²) in [6, 6.07) is 9.55. The van der Waals surface area contributed by atoms with Gasteiger partial charge in [0.25, 0.3) is 0 Å². The van der Waals surface area contributed by atoms with Crippen molar-refractivity contribution in [3.05, 3.63) is 35.4 Å². The Morgan fingerprint density at radius 3 is 2.80 bits per heavy atom. The zero-order valence-electron chi connectivity index (χ0n) is 14.3. The molecular formula is C20H22N2O3. The number of nitriles is 1. The van der Waals surface area contributed by atoms with Gasteiger partial charge < -0.3 is 10.1 Å². The van der Waals surface area contributed by atoms with Crippen LogP contribution < -0.4 is 5.32 Å². The van der Waals surface area contributed by atoms with Gasteiger partial charge in [-0.05, 0) is 61.1 Å². The van der Waals surface area contributed by atoms with E-state index in [1.807, 2.05) is 18.2 Å². The van der Waals surface area contributed by atoms with Gasteiger partial charge in [0.15, 0.2) is 0 Å². The fourth-order valence-corrected chi connectivity index (χ4v) is 4.94. The molecule has 3 aliphatic rings. The van der Waals surface area contributed by atoms with Crippen molar-refractivity contribution in [1.29, 1.82) is 5.26 Å². The maximum absolute atomic E-state index is 12.7. The third-order valence-electron chi connectivity index (χ3n) is 6.27. The molecule has 3 saturated carbocycles. The normalized spacial score (nSPS) is 35.0. The topological polar surface area (TPSA) is 79.2 Å². The first-order valence-corrected chi connectivity index (χ1v) is 9.00. The van der Waals surface area contributed by atoms with Gasteiger partial charge in [0.05, 0.1) is 24.7 Å². The minimum absolute atomic E-state index is 0.0406. The van der Waals surface area contributed by atoms with Crippen molar-refractivity contribution in [3.63, 3.8) is 0 Å². The lowest BCUT2D eigenvalue weighted by molar-refractivity contribution is -0.148. The van der Waals surface area contributed by atoms with Crippen molar-refractivity contribution in [2.75, 3.05) is 7.11 Å². The Bertz CT molecular complexity index is 754. The van der Waals surface area contributed by atoms with Crippen LogP contribution in [0.1, 0.15) is 42.7 Å². The molecule has 5 nitrogen and oxygen atoms in total. The molecule has 3 aliphatic carbocycles. The Labute approximate surface area is 147 Å². The Hall–Kier alpha value is -2.35. The number of carbonyl (C=O) groups excluding carboxylic acids is 2. The zero-order valence-corrected chi connectivity index (χ0v) is 14.3. The van der Waals surface area contributed by atoms with Crippen LogP contribution in [0.25, 0.3) is 0 Å². The summed E-state index contributed by atoms with van der Waals surface area (Å²) in [5.41, 5.74) is 1.68. The van der Waals surface area contributed by atoms with E-state index in [0.717, 1.165) is 31.2 Å². The van der Waals surface area contributed by atoms with Crippen LogP contribution >= 0.6 is 0 Å². The monoisotopic (exact) mass is 338 g/mol. The summed E-state index contributed by atoms with van der Waals surface area (Å²) in [5, 5.41) is 12.2. The number of fused-ring (bicyclic) bond motifs is 2. The average molecular weight is 338 g/mol. The molecule has 2 bridgehead atoms. The second-order valence-electron chi connectivity index (χ2n) is 7.60. The fraction of sp³-hybridized carbons (Fsp3) is 0.550. The van der Waals surface area contributed by atoms with Gasteiger partial charge in [0, 0.05) is 12.0 Å². The number of hydrogen-bond donors (Lipinski definition) is 1. The summed E-state index contributed by atoms with van der Waals surface area (Å²) < 4.78 is 4.97. The van der Waals surface area contributed by atoms with Gasteiger partial charge in [-0.3, -0.25) is 9.59 Å². The summed E-state index contributed by atoms with van der Waals surface area (Å²) >= 11 is 0. The number of nitrogens with zero attached hydrogens (tertiary/aromatic N) is 1. The SMILES string of the molecule is COC(=O)[C@@H]1[C@H]2CC[C@@H](C2)[C@@H]1NC(=O)[C@@H]1C[C@H]1c1cccc(C#N)c1. The van der Waals surface area contributed by atoms with E-state index in [0.29, 0.717) is 17.4 Å². The molecule has 0 saturated heterocycles. The van der Waals surface area contributed by atoms with Gasteiger partial charge in [0.2, 0.25) is 5.91 Å². The quantitative estimate of drug-likeness (QED) is 0.855. The maximum Gasteiger partial charge on any atom is 0.311 e. The summed E-state index contributed by atoms with van der Waals surface area (Å²) in [4.78, 5) is 24.8. The Morgan fingerprint density at radius 2 is 2.04 bits per heavy atom. The largest absolute Gasteiger partial charge is 0.469 e. The Morgan fingerprint density at radius 1 is 1.24 bits per heavy atom. The lowest BCUT2D eigenvalue weighted by atomic mass is 9.84. The lowest BCUT2D eigenvalue weighted by Crippen LogP contribution is -2.47. The molecule has 0 spiro atoms. The fourth-order valence-electron chi connectivity index (χ4n) is 4.94. The lowest BCUT2D eigenvalue weighted by Gasteiger charge is -2.29. The number of carbonyl (C=O) groups is 2. The molecule has 1 N–H and O–H groups in total. The molecule has 130 valence electrons. The molecule has 25 heavy (non-hydrogen) atoms. The highest BCUT2D eigenvalue weighted by atomic mass is 16.5. The molecule has 3 fully saturated rings. The molecule has 0 unspecified atom stereocenters. The average Bonchev–Trinajstić information content (AvgIpc) is 3.21. The maximum atomic E-state index is 12.7. The van der Waals surface area contributed by atoms with Crippen LogP contribution in [0.15, 0.2) is 24.3 Å². The number of benzene rings is 1. The standard InChI is InChI=1S/C20H22N2O3/c1-25-20(24)17-13-5-6-14(8-13)18(17)22-19(23)16-9-15(16)12-4-2-3-11(7-12)10-21/h2-4,7,13-18H,5-6,8-9H2,1H3,(H,22,23)/t13-,14-,15-,16+,17+,18-/m0/s1. The zero-order chi connectivity index (χ0) is 17.6. The van der Waals surface area contributed by atoms with Gasteiger partial charge in [-0.15, -0.1) is 0 Å². The van der Waals surface area contributed by atoms with Gasteiger partial charge in [-0.1, -0.05) is 12.1 Å². The number of ether oxygens (including phenoxy) is 1. The second kappa shape index (κ2) is 6.18. The molecule has 1 amide bonds. The molecule has 0 radical (unpaired) electrons. The van der Waals surface area contributed by atoms with Crippen LogP contribution in [-0.2, 0) is 14.3 Å². The Balaban J connectivity index is 1.43. The van der Waals surface area contributed by atoms with Crippen LogP contribution in [0.2, 0.25) is 0 Å². The number of hydrogen-bond acceptors (Lipinski definition) is 4. The molecule has 0 aliphatic heterocycles. The predicted molar refractivity (Wildman–Crippen MR) is 90.3 cm³/mol. The van der Waals surface area contributed by atoms with Crippen molar-refractivity contribution in [1.82, 2.24) is 5.32 Å². The number of esters is 1. The van der Waals surface area contributed by atoms with Crippen molar-refractivity contribution in [3.8, 4) is 6.07 Å². The number of rotatable bonds is 4. The first-order valence-electron chi connectivity index (χ1n) is 9.00. The molecule has 0 aromatic heterocycles. The summed E-state index contributed by atoms with van der Waals surface area (Å²) in [7, 11) is 1.42. The Kier molecular flexibility index (Phi) is 3.99. The third kappa shape index (κ3) is 2.80. The summed E-state index contributed by atoms with van der Waals surface area (Å²) in [6.45, 7) is 0. The first-order chi connectivity index (χ1) is 12.1. The second-order valence-corrected chi connectivity index (χ2v) is 7.60. The van der Waals surface area contributed by atoms with E-state index >= 15 is 0 Å². The van der Waals surface area contributed by atoms with Crippen molar-refractivity contribution >= 4 is 11.9 Å². The van der Waals surface area contributed by atoms with E-state index in [-0.39, 0.29) is 35.7 Å². The summed E-state index contributed by atoms with van der Waals surface area (Å²) in [5.74, 6) is 0.550. The molecule has 4 rings (SSSR count). The van der Waals surface area contributed by atoms with Gasteiger partial charge in [-0.2, -0.15) is 5.26 Å². The molecule has 1 aromatic rings. The van der Waals surface area contributed by atoms with Crippen LogP contribution in [0.5, 0.6) is 0 Å². The van der Waals surface area contributed by atoms with E-state index in [9.17, 15) is 9.59 Å². The molecule has 5 heteroatoms. The number of methoxy groups -OCH3 is 1. The number of amides is 1. The molecule has 0 heterocycles. The van der Waals surface area contributed by atoms with Crippen molar-refractivity contribution < 1.29 is 14.3 Å². The summed E-state index contributed by atoms with van der Waals surface area (Å²) in [6.07, 6.45) is 3.97. The first kappa shape index (κ1) is 16.1. The van der Waals surface area contributed by atoms with E-state index in [4.69, 9.17) is 10.00 Å². The van der Waals surface area contributed by atoms with Gasteiger partial charge >= 0.3 is 5.97 Å². The molecule has 6 atom stereocenters. The molecule has 1 aromatic carbocycles. The molecular weight excluding hydrogens is 316 g/mol. The van der Waals surface area contributed by atoms with E-state index < -0.39 is 0 Å². The smallest absolute Gasteiger partial charge is 0.311 e. The minimum atomic E-state index is -0.188. The van der Waals surface area contributed by atoms with Crippen LogP contribution in [0, 0.1) is 35.0 Å². The number of nitrogens with one attached hydrogen (secondary N) is 1. The van der Waals surface area contributed by atoms with E-state index in [1.54, 1.807) is 6.07 Å². The predicted octanol–water partition coefficient (Wildman–Crippen LogP) is 2.37. The highest BCUT2D eigenvalue weighted by molar-refractivity contribution is 5.84. The van der Waals surface area contributed by atoms with Crippen molar-refractivity contribution in [2.45, 2.75) is 37.6 Å². The van der Waals surface area contributed by atoms with Crippen LogP contribution in [0.3, 0.4) is 0 Å². The van der Waals surface area contributed by atoms with Gasteiger partial charge in [-0.25, -0.2) is 0 Å². The van der Waals surface area contributed by atoms with Gasteiger partial charge in [0.1, 0.15) is 0 Å². The highest BCUT2D eigenvalue weighted by Crippen LogP contribution is 2.51. The van der Waals surface area contributed by atoms with Crippen molar-refractivity contribution in [2.24, 2.45) is 23.7 Å². The minimum Gasteiger partial charge on any atom is -0.469 e. The van der Waals surface area contributed by atoms with E-state index in [2.05, 4.69) is 11.4 Å².